The van der Waals surface area contributed by atoms with Gasteiger partial charge in [0.1, 0.15) is 23.4 Å². The number of benzene rings is 3. The Bertz CT molecular complexity index is 1370. The van der Waals surface area contributed by atoms with Crippen molar-refractivity contribution in [3.63, 3.8) is 0 Å². The lowest BCUT2D eigenvalue weighted by Gasteiger charge is -2.38. The van der Waals surface area contributed by atoms with Crippen molar-refractivity contribution in [3.05, 3.63) is 83.9 Å². The molecule has 0 fully saturated rings. The molecule has 0 bridgehead atoms. The molecule has 1 aliphatic rings. The number of aliphatic hydroxyl groups excluding tert-OH is 1. The molecule has 1 aliphatic heterocycles. The van der Waals surface area contributed by atoms with Gasteiger partial charge >= 0.3 is 0 Å². The quantitative estimate of drug-likeness (QED) is 0.281. The molecule has 236 valence electrons. The molecule has 2 amide bonds. The molecule has 0 spiro atoms. The monoisotopic (exact) mass is 602 g/mol. The first-order chi connectivity index (χ1) is 21.1. The maximum atomic E-state index is 13.7. The van der Waals surface area contributed by atoms with E-state index in [2.05, 4.69) is 36.3 Å². The largest absolute Gasteiger partial charge is 0.488 e. The van der Waals surface area contributed by atoms with Gasteiger partial charge in [-0.15, -0.1) is 0 Å². The number of carbonyl (C=O) groups excluding carboxylic acids is 2. The average Bonchev–Trinajstić information content (AvgIpc) is 3.00. The molecule has 0 aliphatic carbocycles. The van der Waals surface area contributed by atoms with Crippen molar-refractivity contribution in [2.24, 2.45) is 5.92 Å². The minimum absolute atomic E-state index is 0.00118. The van der Waals surface area contributed by atoms with Gasteiger partial charge in [-0.25, -0.2) is 0 Å². The summed E-state index contributed by atoms with van der Waals surface area (Å²) in [5.74, 6) is 1.74. The molecular weight excluding hydrogens is 556 g/mol. The number of carbonyl (C=O) groups is 2. The van der Waals surface area contributed by atoms with Crippen LogP contribution in [-0.4, -0.2) is 91.2 Å². The van der Waals surface area contributed by atoms with Crippen molar-refractivity contribution < 1.29 is 24.2 Å². The van der Waals surface area contributed by atoms with Gasteiger partial charge in [-0.3, -0.25) is 14.5 Å². The molecule has 4 rings (SSSR count). The molecule has 1 heterocycles. The second-order valence-corrected chi connectivity index (χ2v) is 12.0. The predicted molar refractivity (Wildman–Crippen MR) is 173 cm³/mol. The Labute approximate surface area is 261 Å². The summed E-state index contributed by atoms with van der Waals surface area (Å²) in [6.45, 7) is 6.36. The number of hydrogen-bond acceptors (Lipinski definition) is 7. The van der Waals surface area contributed by atoms with Crippen molar-refractivity contribution in [2.45, 2.75) is 45.4 Å². The van der Waals surface area contributed by atoms with E-state index in [9.17, 15) is 14.7 Å². The summed E-state index contributed by atoms with van der Waals surface area (Å²) in [6, 6.07) is 22.6. The van der Waals surface area contributed by atoms with Gasteiger partial charge < -0.3 is 29.7 Å². The maximum absolute atomic E-state index is 13.7. The first kappa shape index (κ1) is 33.0. The number of para-hydroxylation sites is 1. The Balaban J connectivity index is 1.46. The van der Waals surface area contributed by atoms with Gasteiger partial charge in [0.2, 0.25) is 5.91 Å². The third-order valence-electron chi connectivity index (χ3n) is 7.80. The van der Waals surface area contributed by atoms with Crippen LogP contribution in [0.15, 0.2) is 72.8 Å². The molecule has 9 heteroatoms. The van der Waals surface area contributed by atoms with E-state index in [0.29, 0.717) is 43.1 Å². The SMILES string of the molecule is C[C@H]1CN([C@@H](C)CO)C(=O)c2cc(NC(=O)CCCN(C)C)ccc2O[C@@H]1CN(C)Cc1ccc(Oc2ccccc2)cc1. The molecule has 2 N–H and O–H groups in total. The van der Waals surface area contributed by atoms with Gasteiger partial charge in [0.05, 0.1) is 18.2 Å². The normalized spacial score (nSPS) is 17.5. The third kappa shape index (κ3) is 9.29. The second kappa shape index (κ2) is 15.7. The topological polar surface area (TPSA) is 94.6 Å². The van der Waals surface area contributed by atoms with E-state index in [1.165, 1.54) is 0 Å². The Hall–Kier alpha value is -3.92. The lowest BCUT2D eigenvalue weighted by Crippen LogP contribution is -2.49. The lowest BCUT2D eigenvalue weighted by molar-refractivity contribution is -0.116. The Kier molecular flexibility index (Phi) is 11.8. The molecule has 0 aromatic heterocycles. The number of rotatable bonds is 13. The first-order valence-corrected chi connectivity index (χ1v) is 15.3. The Morgan fingerprint density at radius 1 is 1.07 bits per heavy atom. The minimum Gasteiger partial charge on any atom is -0.488 e. The molecule has 9 nitrogen and oxygen atoms in total. The van der Waals surface area contributed by atoms with Crippen LogP contribution in [0.3, 0.4) is 0 Å². The minimum atomic E-state index is -0.366. The zero-order chi connectivity index (χ0) is 31.6. The summed E-state index contributed by atoms with van der Waals surface area (Å²) in [5.41, 5.74) is 2.07. The van der Waals surface area contributed by atoms with Crippen molar-refractivity contribution in [1.82, 2.24) is 14.7 Å². The summed E-state index contributed by atoms with van der Waals surface area (Å²) in [4.78, 5) is 32.2. The summed E-state index contributed by atoms with van der Waals surface area (Å²) in [6.07, 6.45) is 0.918. The van der Waals surface area contributed by atoms with Crippen LogP contribution in [0.5, 0.6) is 17.2 Å². The number of likely N-dealkylation sites (N-methyl/N-ethyl adjacent to an activating group) is 1. The summed E-state index contributed by atoms with van der Waals surface area (Å²) < 4.78 is 12.5. The third-order valence-corrected chi connectivity index (χ3v) is 7.80. The molecule has 0 saturated carbocycles. The molecule has 0 unspecified atom stereocenters. The molecule has 3 atom stereocenters. The highest BCUT2D eigenvalue weighted by atomic mass is 16.5. The summed E-state index contributed by atoms with van der Waals surface area (Å²) in [5, 5.41) is 12.9. The van der Waals surface area contributed by atoms with E-state index >= 15 is 0 Å². The van der Waals surface area contributed by atoms with Crippen molar-refractivity contribution in [3.8, 4) is 17.2 Å². The van der Waals surface area contributed by atoms with Crippen LogP contribution < -0.4 is 14.8 Å². The Morgan fingerprint density at radius 2 is 1.77 bits per heavy atom. The van der Waals surface area contributed by atoms with E-state index in [4.69, 9.17) is 9.47 Å². The number of nitrogens with one attached hydrogen (secondary N) is 1. The Morgan fingerprint density at radius 3 is 2.45 bits per heavy atom. The van der Waals surface area contributed by atoms with Gasteiger partial charge in [-0.2, -0.15) is 0 Å². The highest BCUT2D eigenvalue weighted by Crippen LogP contribution is 2.31. The van der Waals surface area contributed by atoms with Crippen LogP contribution in [0.4, 0.5) is 5.69 Å². The van der Waals surface area contributed by atoms with Gasteiger partial charge in [0.15, 0.2) is 0 Å². The highest BCUT2D eigenvalue weighted by Gasteiger charge is 2.33. The smallest absolute Gasteiger partial charge is 0.258 e. The van der Waals surface area contributed by atoms with E-state index in [0.717, 1.165) is 30.0 Å². The highest BCUT2D eigenvalue weighted by molar-refractivity contribution is 5.99. The predicted octanol–water partition coefficient (Wildman–Crippen LogP) is 5.11. The molecule has 3 aromatic carbocycles. The van der Waals surface area contributed by atoms with Gasteiger partial charge in [-0.05, 0) is 89.1 Å². The van der Waals surface area contributed by atoms with Crippen molar-refractivity contribution in [1.29, 1.82) is 0 Å². The lowest BCUT2D eigenvalue weighted by atomic mass is 9.99. The fourth-order valence-electron chi connectivity index (χ4n) is 5.27. The van der Waals surface area contributed by atoms with Crippen molar-refractivity contribution in [2.75, 3.05) is 52.7 Å². The van der Waals surface area contributed by atoms with Gasteiger partial charge in [0.25, 0.3) is 5.91 Å². The molecule has 0 saturated heterocycles. The second-order valence-electron chi connectivity index (χ2n) is 12.0. The van der Waals surface area contributed by atoms with Crippen LogP contribution in [0.2, 0.25) is 0 Å². The van der Waals surface area contributed by atoms with E-state index < -0.39 is 0 Å². The van der Waals surface area contributed by atoms with Gasteiger partial charge in [-0.1, -0.05) is 37.3 Å². The van der Waals surface area contributed by atoms with E-state index in [1.54, 1.807) is 23.1 Å². The van der Waals surface area contributed by atoms with E-state index in [-0.39, 0.29) is 36.5 Å². The van der Waals surface area contributed by atoms with Gasteiger partial charge in [0, 0.05) is 37.7 Å². The fraction of sp³-hybridized carbons (Fsp3) is 0.429. The van der Waals surface area contributed by atoms with Crippen LogP contribution in [0, 0.1) is 5.92 Å². The van der Waals surface area contributed by atoms with Crippen LogP contribution >= 0.6 is 0 Å². The number of nitrogens with zero attached hydrogens (tertiary/aromatic N) is 3. The summed E-state index contributed by atoms with van der Waals surface area (Å²) in [7, 11) is 6.00. The molecule has 44 heavy (non-hydrogen) atoms. The number of hydrogen-bond donors (Lipinski definition) is 2. The number of anilines is 1. The van der Waals surface area contributed by atoms with E-state index in [1.807, 2.05) is 68.4 Å². The standard InChI is InChI=1S/C35H46N4O5/c1-25-21-39(26(2)24-40)35(42)31-20-28(36-34(41)12-9-19-37(3)4)15-18-32(31)44-33(25)23-38(5)22-27-13-16-30(17-14-27)43-29-10-7-6-8-11-29/h6-8,10-11,13-18,20,25-26,33,40H,9,12,19,21-24H2,1-5H3,(H,36,41)/t25-,26-,33+/m0/s1. The number of aliphatic hydroxyl groups is 1. The number of amides is 2. The molecular formula is C35H46N4O5. The average molecular weight is 603 g/mol. The van der Waals surface area contributed by atoms with Crippen LogP contribution in [0.25, 0.3) is 0 Å². The first-order valence-electron chi connectivity index (χ1n) is 15.3. The van der Waals surface area contributed by atoms with Crippen LogP contribution in [-0.2, 0) is 11.3 Å². The fourth-order valence-corrected chi connectivity index (χ4v) is 5.27. The zero-order valence-corrected chi connectivity index (χ0v) is 26.5. The van der Waals surface area contributed by atoms with Crippen molar-refractivity contribution >= 4 is 17.5 Å². The zero-order valence-electron chi connectivity index (χ0n) is 26.5. The molecule has 0 radical (unpaired) electrons. The summed E-state index contributed by atoms with van der Waals surface area (Å²) >= 11 is 0. The molecule has 3 aromatic rings. The number of fused-ring (bicyclic) bond motifs is 1. The number of ether oxygens (including phenoxy) is 2. The van der Waals surface area contributed by atoms with Crippen LogP contribution in [0.1, 0.15) is 42.6 Å². The maximum Gasteiger partial charge on any atom is 0.258 e.